The van der Waals surface area contributed by atoms with Gasteiger partial charge in [-0.2, -0.15) is 0 Å². The average Bonchev–Trinajstić information content (AvgIpc) is 2.92. The average molecular weight is 570 g/mol. The van der Waals surface area contributed by atoms with Gasteiger partial charge < -0.3 is 10.2 Å². The quantitative estimate of drug-likeness (QED) is 0.313. The predicted octanol–water partition coefficient (Wildman–Crippen LogP) is 5.49. The minimum atomic E-state index is -4.14. The van der Waals surface area contributed by atoms with Gasteiger partial charge in [-0.15, -0.1) is 0 Å². The summed E-state index contributed by atoms with van der Waals surface area (Å²) in [5.74, 6) is -0.759. The van der Waals surface area contributed by atoms with Crippen molar-refractivity contribution in [2.45, 2.75) is 58.0 Å². The maximum absolute atomic E-state index is 14.1. The topological polar surface area (TPSA) is 86.8 Å². The summed E-state index contributed by atoms with van der Waals surface area (Å²) in [5.41, 5.74) is 2.70. The van der Waals surface area contributed by atoms with Crippen LogP contribution >= 0.6 is 11.6 Å². The van der Waals surface area contributed by atoms with Crippen molar-refractivity contribution in [2.75, 3.05) is 17.4 Å². The van der Waals surface area contributed by atoms with Crippen molar-refractivity contribution in [1.82, 2.24) is 10.2 Å². The van der Waals surface area contributed by atoms with E-state index in [1.807, 2.05) is 45.0 Å². The molecule has 0 unspecified atom stereocenters. The number of nitrogens with one attached hydrogen (secondary N) is 1. The van der Waals surface area contributed by atoms with Crippen molar-refractivity contribution >= 4 is 39.1 Å². The molecule has 7 nitrogen and oxygen atoms in total. The number of carbonyl (C=O) groups is 2. The standard InChI is InChI=1S/C30H36ClN3O4S/c1-5-18-32-30(36)27(6-2)33(20-24-13-10-12-22(3)19-24)29(35)21-34(28-17-11-16-26(31)23(28)4)39(37,38)25-14-8-7-9-15-25/h7-17,19,27H,5-6,18,20-21H2,1-4H3,(H,32,36)/t27-/m0/s1. The molecular formula is C30H36ClN3O4S. The molecule has 0 aliphatic carbocycles. The normalized spacial score (nSPS) is 12.0. The Balaban J connectivity index is 2.08. The van der Waals surface area contributed by atoms with Crippen LogP contribution in [0.25, 0.3) is 0 Å². The van der Waals surface area contributed by atoms with Gasteiger partial charge in [-0.05, 0) is 62.1 Å². The van der Waals surface area contributed by atoms with E-state index in [0.717, 1.165) is 21.9 Å². The summed E-state index contributed by atoms with van der Waals surface area (Å²) in [4.78, 5) is 28.8. The van der Waals surface area contributed by atoms with Crippen LogP contribution in [0.1, 0.15) is 43.4 Å². The third-order valence-electron chi connectivity index (χ3n) is 6.49. The molecule has 1 atom stereocenters. The maximum atomic E-state index is 14.1. The van der Waals surface area contributed by atoms with Crippen LogP contribution in [0.15, 0.2) is 77.7 Å². The molecule has 0 aliphatic heterocycles. The number of hydrogen-bond acceptors (Lipinski definition) is 4. The molecule has 3 aromatic rings. The Morgan fingerprint density at radius 1 is 0.949 bits per heavy atom. The fourth-order valence-electron chi connectivity index (χ4n) is 4.39. The fraction of sp³-hybridized carbons (Fsp3) is 0.333. The van der Waals surface area contributed by atoms with Crippen molar-refractivity contribution in [1.29, 1.82) is 0 Å². The molecule has 1 N–H and O–H groups in total. The monoisotopic (exact) mass is 569 g/mol. The summed E-state index contributed by atoms with van der Waals surface area (Å²) in [7, 11) is -4.14. The van der Waals surface area contributed by atoms with Crippen LogP contribution in [0.3, 0.4) is 0 Å². The number of aryl methyl sites for hydroxylation is 1. The van der Waals surface area contributed by atoms with Crippen molar-refractivity contribution < 1.29 is 18.0 Å². The van der Waals surface area contributed by atoms with Gasteiger partial charge in [0.15, 0.2) is 0 Å². The number of sulfonamides is 1. The molecule has 39 heavy (non-hydrogen) atoms. The molecule has 0 saturated heterocycles. The summed E-state index contributed by atoms with van der Waals surface area (Å²) in [6.45, 7) is 7.61. The van der Waals surface area contributed by atoms with Gasteiger partial charge in [-0.1, -0.05) is 79.5 Å². The number of hydrogen-bond donors (Lipinski definition) is 1. The van der Waals surface area contributed by atoms with Gasteiger partial charge in [-0.25, -0.2) is 8.42 Å². The molecule has 0 heterocycles. The molecule has 0 fully saturated rings. The van der Waals surface area contributed by atoms with Crippen molar-refractivity contribution in [3.63, 3.8) is 0 Å². The molecule has 3 aromatic carbocycles. The third-order valence-corrected chi connectivity index (χ3v) is 8.67. The highest BCUT2D eigenvalue weighted by Crippen LogP contribution is 2.31. The van der Waals surface area contributed by atoms with Crippen LogP contribution in [0.4, 0.5) is 5.69 Å². The Kier molecular flexibility index (Phi) is 10.5. The van der Waals surface area contributed by atoms with Gasteiger partial charge in [0.25, 0.3) is 10.0 Å². The first-order chi connectivity index (χ1) is 18.6. The second-order valence-corrected chi connectivity index (χ2v) is 11.7. The number of benzene rings is 3. The van der Waals surface area contributed by atoms with Gasteiger partial charge in [-0.3, -0.25) is 13.9 Å². The summed E-state index contributed by atoms with van der Waals surface area (Å²) >= 11 is 6.37. The molecule has 0 spiro atoms. The number of amides is 2. The van der Waals surface area contributed by atoms with Crippen LogP contribution in [-0.2, 0) is 26.2 Å². The van der Waals surface area contributed by atoms with Gasteiger partial charge in [0.1, 0.15) is 12.6 Å². The molecule has 0 radical (unpaired) electrons. The van der Waals surface area contributed by atoms with E-state index in [1.54, 1.807) is 43.3 Å². The molecule has 3 rings (SSSR count). The number of halogens is 1. The number of anilines is 1. The Morgan fingerprint density at radius 2 is 1.64 bits per heavy atom. The minimum Gasteiger partial charge on any atom is -0.354 e. The molecular weight excluding hydrogens is 534 g/mol. The highest BCUT2D eigenvalue weighted by atomic mass is 35.5. The minimum absolute atomic E-state index is 0.0511. The second-order valence-electron chi connectivity index (χ2n) is 9.43. The maximum Gasteiger partial charge on any atom is 0.264 e. The van der Waals surface area contributed by atoms with E-state index in [2.05, 4.69) is 5.32 Å². The molecule has 208 valence electrons. The van der Waals surface area contributed by atoms with E-state index >= 15 is 0 Å². The van der Waals surface area contributed by atoms with E-state index in [-0.39, 0.29) is 17.3 Å². The Morgan fingerprint density at radius 3 is 2.28 bits per heavy atom. The number of carbonyl (C=O) groups excluding carboxylic acids is 2. The van der Waals surface area contributed by atoms with Crippen LogP contribution < -0.4 is 9.62 Å². The van der Waals surface area contributed by atoms with E-state index < -0.39 is 28.5 Å². The lowest BCUT2D eigenvalue weighted by Gasteiger charge is -2.33. The highest BCUT2D eigenvalue weighted by Gasteiger charge is 2.34. The lowest BCUT2D eigenvalue weighted by molar-refractivity contribution is -0.140. The van der Waals surface area contributed by atoms with E-state index in [4.69, 9.17) is 11.6 Å². The molecule has 0 aliphatic rings. The lowest BCUT2D eigenvalue weighted by atomic mass is 10.1. The predicted molar refractivity (Wildman–Crippen MR) is 156 cm³/mol. The van der Waals surface area contributed by atoms with Gasteiger partial charge >= 0.3 is 0 Å². The first-order valence-corrected chi connectivity index (χ1v) is 14.9. The third kappa shape index (κ3) is 7.40. The SMILES string of the molecule is CCCNC(=O)[C@H](CC)N(Cc1cccc(C)c1)C(=O)CN(c1cccc(Cl)c1C)S(=O)(=O)c1ccccc1. The zero-order chi connectivity index (χ0) is 28.6. The zero-order valence-corrected chi connectivity index (χ0v) is 24.4. The van der Waals surface area contributed by atoms with Crippen LogP contribution in [0.2, 0.25) is 5.02 Å². The number of rotatable bonds is 12. The molecule has 9 heteroatoms. The van der Waals surface area contributed by atoms with Crippen molar-refractivity contribution in [2.24, 2.45) is 0 Å². The van der Waals surface area contributed by atoms with Gasteiger partial charge in [0.2, 0.25) is 11.8 Å². The first kappa shape index (κ1) is 30.2. The lowest BCUT2D eigenvalue weighted by Crippen LogP contribution is -2.52. The van der Waals surface area contributed by atoms with Crippen LogP contribution in [0, 0.1) is 13.8 Å². The Bertz CT molecular complexity index is 1400. The molecule has 0 aromatic heterocycles. The number of nitrogens with zero attached hydrogens (tertiary/aromatic N) is 2. The molecule has 0 saturated carbocycles. The van der Waals surface area contributed by atoms with Crippen molar-refractivity contribution in [3.05, 3.63) is 94.5 Å². The smallest absolute Gasteiger partial charge is 0.264 e. The summed E-state index contributed by atoms with van der Waals surface area (Å²) in [5, 5.41) is 3.28. The van der Waals surface area contributed by atoms with Gasteiger partial charge in [0.05, 0.1) is 10.6 Å². The zero-order valence-electron chi connectivity index (χ0n) is 22.9. The van der Waals surface area contributed by atoms with E-state index in [9.17, 15) is 18.0 Å². The van der Waals surface area contributed by atoms with Crippen LogP contribution in [-0.4, -0.2) is 44.3 Å². The molecule has 0 bridgehead atoms. The largest absolute Gasteiger partial charge is 0.354 e. The second kappa shape index (κ2) is 13.6. The molecule has 2 amide bonds. The van der Waals surface area contributed by atoms with Gasteiger partial charge in [0, 0.05) is 18.1 Å². The van der Waals surface area contributed by atoms with E-state index in [0.29, 0.717) is 29.2 Å². The summed E-state index contributed by atoms with van der Waals surface area (Å²) in [6.07, 6.45) is 1.12. The van der Waals surface area contributed by atoms with E-state index in [1.165, 1.54) is 17.0 Å². The highest BCUT2D eigenvalue weighted by molar-refractivity contribution is 7.92. The first-order valence-electron chi connectivity index (χ1n) is 13.1. The summed E-state index contributed by atoms with van der Waals surface area (Å²) in [6, 6.07) is 19.9. The van der Waals surface area contributed by atoms with Crippen LogP contribution in [0.5, 0.6) is 0 Å². The van der Waals surface area contributed by atoms with Crippen molar-refractivity contribution in [3.8, 4) is 0 Å². The Labute approximate surface area is 236 Å². The Hall–Kier alpha value is -3.36. The summed E-state index contributed by atoms with van der Waals surface area (Å²) < 4.78 is 28.9. The fourth-order valence-corrected chi connectivity index (χ4v) is 6.05.